The van der Waals surface area contributed by atoms with Crippen LogP contribution in [0.3, 0.4) is 0 Å². The Balaban J connectivity index is 1.74. The monoisotopic (exact) mass is 312 g/mol. The van der Waals surface area contributed by atoms with Crippen molar-refractivity contribution in [1.29, 1.82) is 0 Å². The highest BCUT2D eigenvalue weighted by Gasteiger charge is 2.16. The quantitative estimate of drug-likeness (QED) is 0.940. The maximum atomic E-state index is 12.3. The highest BCUT2D eigenvalue weighted by Crippen LogP contribution is 2.25. The molecule has 23 heavy (non-hydrogen) atoms. The molecule has 1 aromatic heterocycles. The number of methoxy groups -OCH3 is 1. The van der Waals surface area contributed by atoms with Crippen LogP contribution in [0.2, 0.25) is 0 Å². The van der Waals surface area contributed by atoms with E-state index in [2.05, 4.69) is 20.2 Å². The number of rotatable bonds is 4. The smallest absolute Gasteiger partial charge is 0.275 e. The molecule has 0 radical (unpaired) electrons. The summed E-state index contributed by atoms with van der Waals surface area (Å²) in [5, 5.41) is 2.83. The summed E-state index contributed by atoms with van der Waals surface area (Å²) in [6, 6.07) is 5.62. The molecule has 0 atom stereocenters. The SMILES string of the molecule is COc1ccc(C)cc1NC(=O)c1cnc(N2CCCC2)cn1. The molecular weight excluding hydrogens is 292 g/mol. The number of ether oxygens (including phenoxy) is 1. The van der Waals surface area contributed by atoms with Gasteiger partial charge < -0.3 is 15.0 Å². The fourth-order valence-corrected chi connectivity index (χ4v) is 2.65. The van der Waals surface area contributed by atoms with Crippen molar-refractivity contribution in [2.24, 2.45) is 0 Å². The minimum atomic E-state index is -0.297. The predicted molar refractivity (Wildman–Crippen MR) is 89.2 cm³/mol. The van der Waals surface area contributed by atoms with E-state index < -0.39 is 0 Å². The Morgan fingerprint density at radius 1 is 1.22 bits per heavy atom. The topological polar surface area (TPSA) is 67.3 Å². The Labute approximate surface area is 135 Å². The second-order valence-electron chi connectivity index (χ2n) is 5.61. The van der Waals surface area contributed by atoms with E-state index in [0.717, 1.165) is 24.5 Å². The molecule has 0 unspecified atom stereocenters. The van der Waals surface area contributed by atoms with Crippen LogP contribution < -0.4 is 15.0 Å². The van der Waals surface area contributed by atoms with Crippen LogP contribution in [0.25, 0.3) is 0 Å². The average Bonchev–Trinajstić information content (AvgIpc) is 3.10. The van der Waals surface area contributed by atoms with E-state index in [1.54, 1.807) is 13.3 Å². The Kier molecular flexibility index (Phi) is 4.41. The second kappa shape index (κ2) is 6.64. The summed E-state index contributed by atoms with van der Waals surface area (Å²) in [5.74, 6) is 1.15. The van der Waals surface area contributed by atoms with Gasteiger partial charge in [-0.15, -0.1) is 0 Å². The van der Waals surface area contributed by atoms with Gasteiger partial charge in [-0.1, -0.05) is 6.07 Å². The molecule has 1 aromatic carbocycles. The van der Waals surface area contributed by atoms with Gasteiger partial charge in [0.2, 0.25) is 0 Å². The van der Waals surface area contributed by atoms with E-state index in [9.17, 15) is 4.79 Å². The minimum absolute atomic E-state index is 0.288. The third-order valence-electron chi connectivity index (χ3n) is 3.90. The molecule has 6 heteroatoms. The molecule has 1 aliphatic rings. The molecule has 3 rings (SSSR count). The zero-order chi connectivity index (χ0) is 16.2. The van der Waals surface area contributed by atoms with Gasteiger partial charge in [0.1, 0.15) is 17.3 Å². The summed E-state index contributed by atoms with van der Waals surface area (Å²) in [5.41, 5.74) is 1.95. The predicted octanol–water partition coefficient (Wildman–Crippen LogP) is 2.65. The summed E-state index contributed by atoms with van der Waals surface area (Å²) in [4.78, 5) is 23.1. The molecule has 120 valence electrons. The molecule has 1 saturated heterocycles. The number of aromatic nitrogens is 2. The van der Waals surface area contributed by atoms with Crippen molar-refractivity contribution >= 4 is 17.4 Å². The number of carbonyl (C=O) groups excluding carboxylic acids is 1. The van der Waals surface area contributed by atoms with Crippen LogP contribution in [0.5, 0.6) is 5.75 Å². The van der Waals surface area contributed by atoms with Crippen LogP contribution in [-0.2, 0) is 0 Å². The molecule has 6 nitrogen and oxygen atoms in total. The van der Waals surface area contributed by atoms with Gasteiger partial charge in [-0.25, -0.2) is 9.97 Å². The number of hydrogen-bond acceptors (Lipinski definition) is 5. The van der Waals surface area contributed by atoms with Gasteiger partial charge in [-0.3, -0.25) is 4.79 Å². The molecule has 0 aliphatic carbocycles. The van der Waals surface area contributed by atoms with Crippen LogP contribution in [-0.4, -0.2) is 36.1 Å². The summed E-state index contributed by atoms with van der Waals surface area (Å²) in [6.45, 7) is 3.96. The van der Waals surface area contributed by atoms with Crippen molar-refractivity contribution in [1.82, 2.24) is 9.97 Å². The molecule has 1 aliphatic heterocycles. The lowest BCUT2D eigenvalue weighted by Crippen LogP contribution is -2.20. The number of nitrogens with one attached hydrogen (secondary N) is 1. The number of carbonyl (C=O) groups is 1. The minimum Gasteiger partial charge on any atom is -0.495 e. The summed E-state index contributed by atoms with van der Waals surface area (Å²) < 4.78 is 5.27. The van der Waals surface area contributed by atoms with Crippen molar-refractivity contribution in [2.45, 2.75) is 19.8 Å². The van der Waals surface area contributed by atoms with Crippen LogP contribution in [0.15, 0.2) is 30.6 Å². The highest BCUT2D eigenvalue weighted by atomic mass is 16.5. The molecule has 1 amide bonds. The van der Waals surface area contributed by atoms with Gasteiger partial charge in [0.25, 0.3) is 5.91 Å². The van der Waals surface area contributed by atoms with Gasteiger partial charge in [0.15, 0.2) is 0 Å². The zero-order valence-electron chi connectivity index (χ0n) is 13.4. The first-order chi connectivity index (χ1) is 11.2. The highest BCUT2D eigenvalue weighted by molar-refractivity contribution is 6.03. The van der Waals surface area contributed by atoms with Crippen LogP contribution in [0.4, 0.5) is 11.5 Å². The van der Waals surface area contributed by atoms with E-state index in [1.807, 2.05) is 25.1 Å². The Hall–Kier alpha value is -2.63. The van der Waals surface area contributed by atoms with Crippen molar-refractivity contribution in [2.75, 3.05) is 30.4 Å². The molecule has 0 spiro atoms. The zero-order valence-corrected chi connectivity index (χ0v) is 13.4. The fourth-order valence-electron chi connectivity index (χ4n) is 2.65. The lowest BCUT2D eigenvalue weighted by molar-refractivity contribution is 0.102. The van der Waals surface area contributed by atoms with Crippen molar-refractivity contribution in [3.8, 4) is 5.75 Å². The standard InChI is InChI=1S/C17H20N4O2/c1-12-5-6-15(23-2)13(9-12)20-17(22)14-10-19-16(11-18-14)21-7-3-4-8-21/h5-6,9-11H,3-4,7-8H2,1-2H3,(H,20,22). The first-order valence-electron chi connectivity index (χ1n) is 7.70. The first-order valence-corrected chi connectivity index (χ1v) is 7.70. The maximum absolute atomic E-state index is 12.3. The van der Waals surface area contributed by atoms with Crippen LogP contribution >= 0.6 is 0 Å². The number of benzene rings is 1. The number of aryl methyl sites for hydroxylation is 1. The Morgan fingerprint density at radius 2 is 2.00 bits per heavy atom. The molecule has 0 bridgehead atoms. The van der Waals surface area contributed by atoms with Crippen molar-refractivity contribution < 1.29 is 9.53 Å². The lowest BCUT2D eigenvalue weighted by atomic mass is 10.2. The van der Waals surface area contributed by atoms with Crippen molar-refractivity contribution in [3.63, 3.8) is 0 Å². The largest absolute Gasteiger partial charge is 0.495 e. The third-order valence-corrected chi connectivity index (χ3v) is 3.90. The molecule has 1 N–H and O–H groups in total. The number of hydrogen-bond donors (Lipinski definition) is 1. The number of amides is 1. The number of anilines is 2. The molecular formula is C17H20N4O2. The second-order valence-corrected chi connectivity index (χ2v) is 5.61. The average molecular weight is 312 g/mol. The van der Waals surface area contributed by atoms with E-state index in [0.29, 0.717) is 11.4 Å². The molecule has 1 fully saturated rings. The summed E-state index contributed by atoms with van der Waals surface area (Å²) in [7, 11) is 1.57. The third kappa shape index (κ3) is 3.41. The van der Waals surface area contributed by atoms with Gasteiger partial charge in [0.05, 0.1) is 25.2 Å². The Bertz CT molecular complexity index is 694. The van der Waals surface area contributed by atoms with Crippen molar-refractivity contribution in [3.05, 3.63) is 41.9 Å². The lowest BCUT2D eigenvalue weighted by Gasteiger charge is -2.15. The van der Waals surface area contributed by atoms with E-state index in [1.165, 1.54) is 19.0 Å². The molecule has 2 aromatic rings. The van der Waals surface area contributed by atoms with Crippen LogP contribution in [0.1, 0.15) is 28.9 Å². The summed E-state index contributed by atoms with van der Waals surface area (Å²) in [6.07, 6.45) is 5.53. The number of nitrogens with zero attached hydrogens (tertiary/aromatic N) is 3. The summed E-state index contributed by atoms with van der Waals surface area (Å²) >= 11 is 0. The van der Waals surface area contributed by atoms with Gasteiger partial charge in [0, 0.05) is 13.1 Å². The van der Waals surface area contributed by atoms with Gasteiger partial charge in [-0.05, 0) is 37.5 Å². The Morgan fingerprint density at radius 3 is 2.65 bits per heavy atom. The van der Waals surface area contributed by atoms with Gasteiger partial charge in [-0.2, -0.15) is 0 Å². The van der Waals surface area contributed by atoms with Crippen LogP contribution in [0, 0.1) is 6.92 Å². The van der Waals surface area contributed by atoms with E-state index in [-0.39, 0.29) is 11.6 Å². The van der Waals surface area contributed by atoms with E-state index in [4.69, 9.17) is 4.74 Å². The molecule has 0 saturated carbocycles. The van der Waals surface area contributed by atoms with E-state index >= 15 is 0 Å². The maximum Gasteiger partial charge on any atom is 0.275 e. The fraction of sp³-hybridized carbons (Fsp3) is 0.353. The normalized spacial score (nSPS) is 13.9. The molecule has 2 heterocycles. The first kappa shape index (κ1) is 15.3. The van der Waals surface area contributed by atoms with Gasteiger partial charge >= 0.3 is 0 Å².